The summed E-state index contributed by atoms with van der Waals surface area (Å²) in [6, 6.07) is 8.25. The number of thiazole rings is 1. The predicted octanol–water partition coefficient (Wildman–Crippen LogP) is 2.48. The molecule has 0 saturated carbocycles. The molecule has 0 bridgehead atoms. The van der Waals surface area contributed by atoms with Crippen molar-refractivity contribution in [3.63, 3.8) is 0 Å². The number of carbonyl (C=O) groups excluding carboxylic acids is 2. The van der Waals surface area contributed by atoms with E-state index in [0.717, 1.165) is 17.4 Å². The monoisotopic (exact) mass is 373 g/mol. The average molecular weight is 373 g/mol. The first-order chi connectivity index (χ1) is 12.4. The SMILES string of the molecule is NC(=O)c1nc(Nc2ccnc(F)c2)sc1NC(=O)c1ccc(O)cc1. The summed E-state index contributed by atoms with van der Waals surface area (Å²) in [5.74, 6) is -1.98. The molecule has 3 rings (SSSR count). The number of halogens is 1. The van der Waals surface area contributed by atoms with E-state index < -0.39 is 17.8 Å². The highest BCUT2D eigenvalue weighted by atomic mass is 32.1. The van der Waals surface area contributed by atoms with Crippen LogP contribution in [0.4, 0.5) is 20.2 Å². The summed E-state index contributed by atoms with van der Waals surface area (Å²) < 4.78 is 13.2. The fourth-order valence-corrected chi connectivity index (χ4v) is 2.90. The molecule has 0 aliphatic heterocycles. The summed E-state index contributed by atoms with van der Waals surface area (Å²) in [5.41, 5.74) is 5.83. The number of carbonyl (C=O) groups is 2. The number of anilines is 3. The number of amides is 2. The van der Waals surface area contributed by atoms with Crippen molar-refractivity contribution in [2.24, 2.45) is 5.73 Å². The van der Waals surface area contributed by atoms with E-state index in [4.69, 9.17) is 5.73 Å². The number of nitrogens with zero attached hydrogens (tertiary/aromatic N) is 2. The lowest BCUT2D eigenvalue weighted by Gasteiger charge is -2.03. The van der Waals surface area contributed by atoms with Gasteiger partial charge >= 0.3 is 0 Å². The minimum atomic E-state index is -0.823. The van der Waals surface area contributed by atoms with Crippen LogP contribution in [-0.2, 0) is 0 Å². The molecule has 0 unspecified atom stereocenters. The molecule has 0 fully saturated rings. The molecule has 0 atom stereocenters. The average Bonchev–Trinajstić information content (AvgIpc) is 2.98. The van der Waals surface area contributed by atoms with Gasteiger partial charge in [-0.3, -0.25) is 9.59 Å². The molecule has 5 N–H and O–H groups in total. The summed E-state index contributed by atoms with van der Waals surface area (Å²) in [7, 11) is 0. The normalized spacial score (nSPS) is 10.3. The van der Waals surface area contributed by atoms with Crippen LogP contribution in [0.3, 0.4) is 0 Å². The van der Waals surface area contributed by atoms with Gasteiger partial charge in [-0.05, 0) is 30.3 Å². The van der Waals surface area contributed by atoms with E-state index in [1.807, 2.05) is 0 Å². The number of hydrogen-bond acceptors (Lipinski definition) is 7. The third-order valence-electron chi connectivity index (χ3n) is 3.19. The zero-order chi connectivity index (χ0) is 18.7. The van der Waals surface area contributed by atoms with Gasteiger partial charge < -0.3 is 21.5 Å². The van der Waals surface area contributed by atoms with Crippen LogP contribution in [0.15, 0.2) is 42.6 Å². The number of primary amides is 1. The number of rotatable bonds is 5. The first-order valence-electron chi connectivity index (χ1n) is 7.22. The van der Waals surface area contributed by atoms with E-state index in [2.05, 4.69) is 20.6 Å². The van der Waals surface area contributed by atoms with E-state index >= 15 is 0 Å². The molecule has 26 heavy (non-hydrogen) atoms. The summed E-state index contributed by atoms with van der Waals surface area (Å²) in [4.78, 5) is 31.3. The quantitative estimate of drug-likeness (QED) is 0.508. The molecule has 2 aromatic heterocycles. The minimum absolute atomic E-state index is 0.0215. The number of nitrogens with one attached hydrogen (secondary N) is 2. The minimum Gasteiger partial charge on any atom is -0.508 e. The zero-order valence-corrected chi connectivity index (χ0v) is 13.9. The number of aromatic nitrogens is 2. The predicted molar refractivity (Wildman–Crippen MR) is 94.2 cm³/mol. The molecule has 2 amide bonds. The second kappa shape index (κ2) is 7.15. The molecule has 3 aromatic rings. The summed E-state index contributed by atoms with van der Waals surface area (Å²) in [6.45, 7) is 0. The fourth-order valence-electron chi connectivity index (χ4n) is 2.02. The van der Waals surface area contributed by atoms with E-state index in [-0.39, 0.29) is 27.1 Å². The van der Waals surface area contributed by atoms with Crippen molar-refractivity contribution in [3.05, 3.63) is 59.8 Å². The second-order valence-electron chi connectivity index (χ2n) is 5.05. The third kappa shape index (κ3) is 3.92. The Morgan fingerprint density at radius 1 is 1.19 bits per heavy atom. The number of phenolic OH excluding ortho intramolecular Hbond substituents is 1. The first kappa shape index (κ1) is 17.3. The Morgan fingerprint density at radius 3 is 2.58 bits per heavy atom. The highest BCUT2D eigenvalue weighted by molar-refractivity contribution is 7.20. The van der Waals surface area contributed by atoms with E-state index in [9.17, 15) is 19.1 Å². The molecule has 0 aliphatic carbocycles. The van der Waals surface area contributed by atoms with Gasteiger partial charge in [-0.25, -0.2) is 9.97 Å². The molecule has 1 aromatic carbocycles. The van der Waals surface area contributed by atoms with Gasteiger partial charge in [0.1, 0.15) is 10.8 Å². The lowest BCUT2D eigenvalue weighted by atomic mass is 10.2. The van der Waals surface area contributed by atoms with Gasteiger partial charge in [0.2, 0.25) is 5.95 Å². The van der Waals surface area contributed by atoms with Crippen LogP contribution >= 0.6 is 11.3 Å². The van der Waals surface area contributed by atoms with Crippen molar-refractivity contribution in [2.75, 3.05) is 10.6 Å². The summed E-state index contributed by atoms with van der Waals surface area (Å²) in [5, 5.41) is 15.0. The van der Waals surface area contributed by atoms with Gasteiger partial charge in [0.15, 0.2) is 10.8 Å². The number of phenols is 1. The Kier molecular flexibility index (Phi) is 4.76. The molecule has 2 heterocycles. The molecule has 0 radical (unpaired) electrons. The van der Waals surface area contributed by atoms with E-state index in [1.165, 1.54) is 36.5 Å². The van der Waals surface area contributed by atoms with Gasteiger partial charge in [0.25, 0.3) is 11.8 Å². The number of nitrogens with two attached hydrogens (primary N) is 1. The Hall–Kier alpha value is -3.53. The standard InChI is InChI=1S/C16H12FN5O3S/c17-11-7-9(5-6-19-11)20-16-21-12(13(18)24)15(26-16)22-14(25)8-1-3-10(23)4-2-8/h1-7,23H,(H2,18,24)(H,22,25)(H,19,20,21). The van der Waals surface area contributed by atoms with E-state index in [1.54, 1.807) is 0 Å². The van der Waals surface area contributed by atoms with Crippen LogP contribution in [0, 0.1) is 5.95 Å². The summed E-state index contributed by atoms with van der Waals surface area (Å²) >= 11 is 0.967. The van der Waals surface area contributed by atoms with Crippen LogP contribution in [0.2, 0.25) is 0 Å². The van der Waals surface area contributed by atoms with Gasteiger partial charge in [-0.2, -0.15) is 4.39 Å². The molecule has 132 valence electrons. The maximum Gasteiger partial charge on any atom is 0.270 e. The van der Waals surface area contributed by atoms with Crippen LogP contribution < -0.4 is 16.4 Å². The number of aromatic hydroxyl groups is 1. The summed E-state index contributed by atoms with van der Waals surface area (Å²) in [6.07, 6.45) is 1.27. The molecule has 0 saturated heterocycles. The van der Waals surface area contributed by atoms with Crippen LogP contribution in [0.25, 0.3) is 0 Å². The zero-order valence-electron chi connectivity index (χ0n) is 13.1. The Morgan fingerprint density at radius 2 is 1.92 bits per heavy atom. The molecular weight excluding hydrogens is 361 g/mol. The molecular formula is C16H12FN5O3S. The highest BCUT2D eigenvalue weighted by Gasteiger charge is 2.19. The fraction of sp³-hybridized carbons (Fsp3) is 0. The van der Waals surface area contributed by atoms with Gasteiger partial charge in [-0.15, -0.1) is 0 Å². The van der Waals surface area contributed by atoms with Crippen molar-refractivity contribution in [1.29, 1.82) is 0 Å². The smallest absolute Gasteiger partial charge is 0.270 e. The topological polar surface area (TPSA) is 130 Å². The molecule has 0 aliphatic rings. The van der Waals surface area contributed by atoms with Crippen molar-refractivity contribution in [2.45, 2.75) is 0 Å². The van der Waals surface area contributed by atoms with Crippen LogP contribution in [0.5, 0.6) is 5.75 Å². The molecule has 0 spiro atoms. The second-order valence-corrected chi connectivity index (χ2v) is 6.05. The van der Waals surface area contributed by atoms with Gasteiger partial charge in [-0.1, -0.05) is 11.3 Å². The van der Waals surface area contributed by atoms with Gasteiger partial charge in [0.05, 0.1) is 0 Å². The number of benzene rings is 1. The number of pyridine rings is 1. The Labute approximate surface area is 150 Å². The highest BCUT2D eigenvalue weighted by Crippen LogP contribution is 2.31. The maximum absolute atomic E-state index is 13.2. The lowest BCUT2D eigenvalue weighted by Crippen LogP contribution is -2.17. The molecule has 8 nitrogen and oxygen atoms in total. The van der Waals surface area contributed by atoms with Crippen molar-refractivity contribution >= 4 is 39.0 Å². The Bertz CT molecular complexity index is 974. The van der Waals surface area contributed by atoms with Crippen molar-refractivity contribution < 1.29 is 19.1 Å². The lowest BCUT2D eigenvalue weighted by molar-refractivity contribution is 0.0997. The van der Waals surface area contributed by atoms with Gasteiger partial charge in [0, 0.05) is 23.5 Å². The van der Waals surface area contributed by atoms with Crippen LogP contribution in [0.1, 0.15) is 20.8 Å². The first-order valence-corrected chi connectivity index (χ1v) is 8.03. The number of hydrogen-bond donors (Lipinski definition) is 4. The maximum atomic E-state index is 13.2. The largest absolute Gasteiger partial charge is 0.508 e. The Balaban J connectivity index is 1.84. The third-order valence-corrected chi connectivity index (χ3v) is 4.08. The van der Waals surface area contributed by atoms with E-state index in [0.29, 0.717) is 5.69 Å². The molecule has 10 heteroatoms. The van der Waals surface area contributed by atoms with Crippen molar-refractivity contribution in [3.8, 4) is 5.75 Å². The van der Waals surface area contributed by atoms with Crippen molar-refractivity contribution in [1.82, 2.24) is 9.97 Å². The van der Waals surface area contributed by atoms with Crippen LogP contribution in [-0.4, -0.2) is 26.9 Å².